The van der Waals surface area contributed by atoms with Crippen LogP contribution in [0, 0.1) is 0 Å². The van der Waals surface area contributed by atoms with E-state index in [1.54, 1.807) is 20.8 Å². The number of fused-ring (bicyclic) bond motifs is 1. The van der Waals surface area contributed by atoms with Crippen molar-refractivity contribution >= 4 is 7.82 Å². The summed E-state index contributed by atoms with van der Waals surface area (Å²) < 4.78 is 47.5. The van der Waals surface area contributed by atoms with Crippen LogP contribution in [0.2, 0.25) is 0 Å². The van der Waals surface area contributed by atoms with Crippen molar-refractivity contribution < 1.29 is 37.5 Å². The minimum atomic E-state index is -3.99. The molecule has 0 saturated carbocycles. The summed E-state index contributed by atoms with van der Waals surface area (Å²) in [6.07, 6.45) is -2.29. The molecule has 0 radical (unpaired) electrons. The molecule has 2 aromatic rings. The van der Waals surface area contributed by atoms with E-state index in [1.807, 2.05) is 60.7 Å². The molecule has 0 amide bonds. The minimum absolute atomic E-state index is 0.0421. The number of phosphoric ester groups is 1. The fourth-order valence-corrected chi connectivity index (χ4v) is 4.80. The lowest BCUT2D eigenvalue weighted by Crippen LogP contribution is -2.47. The Morgan fingerprint density at radius 1 is 0.875 bits per heavy atom. The normalized spacial score (nSPS) is 29.2. The predicted octanol–water partition coefficient (Wildman–Crippen LogP) is 4.17. The van der Waals surface area contributed by atoms with E-state index in [0.717, 1.165) is 11.1 Å². The Labute approximate surface area is 188 Å². The molecule has 32 heavy (non-hydrogen) atoms. The van der Waals surface area contributed by atoms with E-state index in [1.165, 1.54) is 0 Å². The van der Waals surface area contributed by atoms with Crippen LogP contribution in [-0.4, -0.2) is 41.6 Å². The van der Waals surface area contributed by atoms with Gasteiger partial charge in [-0.1, -0.05) is 60.7 Å². The third kappa shape index (κ3) is 5.47. The average Bonchev–Trinajstić information content (AvgIpc) is 3.21. The van der Waals surface area contributed by atoms with Crippen LogP contribution in [0.4, 0.5) is 0 Å². The van der Waals surface area contributed by atoms with Crippen LogP contribution in [-0.2, 0) is 45.6 Å². The fraction of sp³-hybridized carbons (Fsp3) is 0.478. The maximum atomic E-state index is 13.4. The monoisotopic (exact) mass is 464 g/mol. The second-order valence-electron chi connectivity index (χ2n) is 8.54. The van der Waals surface area contributed by atoms with Crippen molar-refractivity contribution in [1.82, 2.24) is 0 Å². The van der Waals surface area contributed by atoms with Gasteiger partial charge in [-0.05, 0) is 31.9 Å². The second kappa shape index (κ2) is 9.33. The smallest absolute Gasteiger partial charge is 0.384 e. The molecular weight excluding hydrogens is 435 g/mol. The second-order valence-corrected chi connectivity index (χ2v) is 10.2. The number of ether oxygens (including phenoxy) is 3. The Morgan fingerprint density at radius 2 is 1.41 bits per heavy atom. The van der Waals surface area contributed by atoms with Gasteiger partial charge in [0.05, 0.1) is 19.8 Å². The van der Waals surface area contributed by atoms with Gasteiger partial charge >= 0.3 is 7.82 Å². The topological polar surface area (TPSA) is 92.7 Å². The molecule has 2 aliphatic heterocycles. The van der Waals surface area contributed by atoms with E-state index in [9.17, 15) is 9.67 Å². The number of hydrogen-bond acceptors (Lipinski definition) is 8. The standard InChI is InChI=1S/C23H29O8P/c1-22(2)30-20-21(31-22)29-19(23(20,3)24)16-28-32(25,26-14-17-10-6-4-7-11-17)27-15-18-12-8-5-9-13-18/h4-13,19-21,24H,14-16H2,1-3H3/t19-,20+,21-,23-/m1/s1. The van der Waals surface area contributed by atoms with Gasteiger partial charge in [0.25, 0.3) is 0 Å². The van der Waals surface area contributed by atoms with Crippen molar-refractivity contribution in [2.45, 2.75) is 63.9 Å². The lowest BCUT2D eigenvalue weighted by molar-refractivity contribution is -0.230. The highest BCUT2D eigenvalue weighted by atomic mass is 31.2. The largest absolute Gasteiger partial charge is 0.475 e. The zero-order valence-corrected chi connectivity index (χ0v) is 19.3. The quantitative estimate of drug-likeness (QED) is 0.553. The lowest BCUT2D eigenvalue weighted by Gasteiger charge is -2.30. The highest BCUT2D eigenvalue weighted by Crippen LogP contribution is 2.52. The maximum Gasteiger partial charge on any atom is 0.475 e. The molecule has 2 aromatic carbocycles. The van der Waals surface area contributed by atoms with Gasteiger partial charge in [0.15, 0.2) is 12.1 Å². The molecule has 2 heterocycles. The molecule has 4 atom stereocenters. The summed E-state index contributed by atoms with van der Waals surface area (Å²) in [6.45, 7) is 4.94. The highest BCUT2D eigenvalue weighted by Gasteiger charge is 2.61. The molecular formula is C23H29O8P. The molecule has 0 aromatic heterocycles. The van der Waals surface area contributed by atoms with E-state index >= 15 is 0 Å². The SMILES string of the molecule is CC1(C)O[C@H]2O[C@H](COP(=O)(OCc3ccccc3)OCc3ccccc3)[C@@](C)(O)[C@H]2O1. The molecule has 4 rings (SSSR count). The van der Waals surface area contributed by atoms with Gasteiger partial charge in [0, 0.05) is 0 Å². The Hall–Kier alpha value is -1.61. The van der Waals surface area contributed by atoms with Crippen LogP contribution in [0.5, 0.6) is 0 Å². The van der Waals surface area contributed by atoms with E-state index in [0.29, 0.717) is 0 Å². The summed E-state index contributed by atoms with van der Waals surface area (Å²) in [4.78, 5) is 0. The van der Waals surface area contributed by atoms with Gasteiger partial charge in [-0.3, -0.25) is 13.6 Å². The van der Waals surface area contributed by atoms with Gasteiger partial charge in [0.2, 0.25) is 0 Å². The molecule has 1 N–H and O–H groups in total. The van der Waals surface area contributed by atoms with E-state index < -0.39 is 37.7 Å². The van der Waals surface area contributed by atoms with E-state index in [2.05, 4.69) is 0 Å². The third-order valence-corrected chi connectivity index (χ3v) is 6.79. The Balaban J connectivity index is 1.42. The Bertz CT molecular complexity index is 886. The zero-order chi connectivity index (χ0) is 22.8. The van der Waals surface area contributed by atoms with Crippen LogP contribution >= 0.6 is 7.82 Å². The van der Waals surface area contributed by atoms with E-state index in [4.69, 9.17) is 27.8 Å². The predicted molar refractivity (Wildman–Crippen MR) is 115 cm³/mol. The van der Waals surface area contributed by atoms with Crippen molar-refractivity contribution in [2.75, 3.05) is 6.61 Å². The van der Waals surface area contributed by atoms with Crippen LogP contribution in [0.3, 0.4) is 0 Å². The molecule has 2 saturated heterocycles. The Kier molecular flexibility index (Phi) is 6.86. The first-order valence-corrected chi connectivity index (χ1v) is 12.0. The first kappa shape index (κ1) is 23.5. The number of benzene rings is 2. The summed E-state index contributed by atoms with van der Waals surface area (Å²) in [6, 6.07) is 18.6. The summed E-state index contributed by atoms with van der Waals surface area (Å²) in [5.74, 6) is -0.863. The van der Waals surface area contributed by atoms with Gasteiger partial charge in [0.1, 0.15) is 17.8 Å². The molecule has 8 nitrogen and oxygen atoms in total. The fourth-order valence-electron chi connectivity index (χ4n) is 3.64. The number of phosphoric acid groups is 1. The average molecular weight is 464 g/mol. The first-order chi connectivity index (χ1) is 15.2. The number of aliphatic hydroxyl groups is 1. The molecule has 0 spiro atoms. The molecule has 0 aliphatic carbocycles. The van der Waals surface area contributed by atoms with Crippen molar-refractivity contribution in [1.29, 1.82) is 0 Å². The van der Waals surface area contributed by atoms with Crippen LogP contribution in [0.1, 0.15) is 31.9 Å². The summed E-state index contributed by atoms with van der Waals surface area (Å²) in [7, 11) is -3.99. The first-order valence-electron chi connectivity index (χ1n) is 10.5. The molecule has 2 fully saturated rings. The lowest BCUT2D eigenvalue weighted by atomic mass is 9.95. The van der Waals surface area contributed by atoms with Crippen LogP contribution in [0.25, 0.3) is 0 Å². The van der Waals surface area contributed by atoms with Crippen LogP contribution < -0.4 is 0 Å². The summed E-state index contributed by atoms with van der Waals surface area (Å²) in [5.41, 5.74) is 0.229. The van der Waals surface area contributed by atoms with Gasteiger partial charge in [-0.2, -0.15) is 0 Å². The summed E-state index contributed by atoms with van der Waals surface area (Å²) in [5, 5.41) is 11.0. The van der Waals surface area contributed by atoms with Gasteiger partial charge in [-0.25, -0.2) is 4.57 Å². The van der Waals surface area contributed by atoms with Crippen molar-refractivity contribution in [3.8, 4) is 0 Å². The van der Waals surface area contributed by atoms with Crippen LogP contribution in [0.15, 0.2) is 60.7 Å². The summed E-state index contributed by atoms with van der Waals surface area (Å²) >= 11 is 0. The molecule has 2 aliphatic rings. The molecule has 0 unspecified atom stereocenters. The number of rotatable bonds is 9. The van der Waals surface area contributed by atoms with Crippen molar-refractivity contribution in [3.05, 3.63) is 71.8 Å². The Morgan fingerprint density at radius 3 is 1.91 bits per heavy atom. The van der Waals surface area contributed by atoms with Gasteiger partial charge in [-0.15, -0.1) is 0 Å². The van der Waals surface area contributed by atoms with Crippen molar-refractivity contribution in [3.63, 3.8) is 0 Å². The zero-order valence-electron chi connectivity index (χ0n) is 18.4. The maximum absolute atomic E-state index is 13.4. The molecule has 174 valence electrons. The highest BCUT2D eigenvalue weighted by molar-refractivity contribution is 7.48. The van der Waals surface area contributed by atoms with E-state index in [-0.39, 0.29) is 19.8 Å². The minimum Gasteiger partial charge on any atom is -0.384 e. The van der Waals surface area contributed by atoms with Crippen molar-refractivity contribution in [2.24, 2.45) is 0 Å². The van der Waals surface area contributed by atoms with Gasteiger partial charge < -0.3 is 19.3 Å². The number of hydrogen-bond donors (Lipinski definition) is 1. The third-order valence-electron chi connectivity index (χ3n) is 5.43. The molecule has 0 bridgehead atoms. The molecule has 9 heteroatoms.